The lowest BCUT2D eigenvalue weighted by Gasteiger charge is -2.08. The van der Waals surface area contributed by atoms with E-state index >= 15 is 0 Å². The highest BCUT2D eigenvalue weighted by Crippen LogP contribution is 2.57. The molecule has 0 saturated carbocycles. The second-order valence-corrected chi connectivity index (χ2v) is 6.22. The molecule has 0 N–H and O–H groups in total. The van der Waals surface area contributed by atoms with Crippen molar-refractivity contribution in [1.29, 1.82) is 0 Å². The lowest BCUT2D eigenvalue weighted by atomic mass is 13.8. The molecule has 0 heterocycles. The van der Waals surface area contributed by atoms with Gasteiger partial charge in [0, 0.05) is 0 Å². The van der Waals surface area contributed by atoms with E-state index < -0.39 is 7.58 Å². The van der Waals surface area contributed by atoms with Crippen LogP contribution in [0.3, 0.4) is 0 Å². The summed E-state index contributed by atoms with van der Waals surface area (Å²) in [6, 6.07) is 0. The maximum absolute atomic E-state index is 5.55. The van der Waals surface area contributed by atoms with Gasteiger partial charge in [0.15, 0.2) is 0 Å². The van der Waals surface area contributed by atoms with Gasteiger partial charge in [-0.05, 0) is 34.3 Å². The molecule has 2 nitrogen and oxygen atoms in total. The van der Waals surface area contributed by atoms with Gasteiger partial charge in [0.25, 0.3) is 0 Å². The SMILES string of the molecule is ClP=NP(Cl)N(Cl)PCl. The Kier molecular flexibility index (Phi) is 8.33. The molecule has 0 aliphatic heterocycles. The molecule has 0 fully saturated rings. The maximum atomic E-state index is 5.55. The number of rotatable bonds is 3. The molecular formula is HCl4N2P3. The Morgan fingerprint density at radius 3 is 2.56 bits per heavy atom. The third-order valence-electron chi connectivity index (χ3n) is 0.322. The quantitative estimate of drug-likeness (QED) is 0.520. The van der Waals surface area contributed by atoms with Crippen molar-refractivity contribution < 1.29 is 0 Å². The van der Waals surface area contributed by atoms with Gasteiger partial charge in [0.05, 0.1) is 8.08 Å². The van der Waals surface area contributed by atoms with Crippen molar-refractivity contribution in [3.63, 3.8) is 0 Å². The number of hydrogen-bond donors (Lipinski definition) is 0. The summed E-state index contributed by atoms with van der Waals surface area (Å²) < 4.78 is 4.90. The highest BCUT2D eigenvalue weighted by molar-refractivity contribution is 7.91. The van der Waals surface area contributed by atoms with Gasteiger partial charge >= 0.3 is 0 Å². The van der Waals surface area contributed by atoms with Crippen LogP contribution in [0.25, 0.3) is 0 Å². The molecule has 2 atom stereocenters. The van der Waals surface area contributed by atoms with Crippen LogP contribution in [-0.4, -0.2) is 3.96 Å². The summed E-state index contributed by atoms with van der Waals surface area (Å²) in [5.74, 6) is 0. The zero-order valence-electron chi connectivity index (χ0n) is 3.80. The topological polar surface area (TPSA) is 15.6 Å². The van der Waals surface area contributed by atoms with Gasteiger partial charge < -0.3 is 0 Å². The van der Waals surface area contributed by atoms with E-state index in [0.717, 1.165) is 0 Å². The van der Waals surface area contributed by atoms with Crippen molar-refractivity contribution in [2.24, 2.45) is 4.52 Å². The molecule has 2 unspecified atom stereocenters. The summed E-state index contributed by atoms with van der Waals surface area (Å²) in [6.07, 6.45) is 0. The first kappa shape index (κ1) is 11.1. The Morgan fingerprint density at radius 1 is 1.67 bits per heavy atom. The Morgan fingerprint density at radius 2 is 2.22 bits per heavy atom. The van der Waals surface area contributed by atoms with Crippen molar-refractivity contribution in [2.45, 2.75) is 0 Å². The summed E-state index contributed by atoms with van der Waals surface area (Å²) in [7, 11) is -0.920. The summed E-state index contributed by atoms with van der Waals surface area (Å²) in [6.45, 7) is 0. The second-order valence-electron chi connectivity index (χ2n) is 0.750. The number of nitrogens with zero attached hydrogens (tertiary/aromatic N) is 2. The smallest absolute Gasteiger partial charge is 0.194 e. The van der Waals surface area contributed by atoms with Gasteiger partial charge in [-0.1, -0.05) is 11.2 Å². The van der Waals surface area contributed by atoms with E-state index in [1.54, 1.807) is 0 Å². The van der Waals surface area contributed by atoms with Crippen molar-refractivity contribution in [2.75, 3.05) is 0 Å². The Labute approximate surface area is 77.2 Å². The molecule has 0 rings (SSSR count). The van der Waals surface area contributed by atoms with Crippen molar-refractivity contribution >= 4 is 68.9 Å². The summed E-state index contributed by atoms with van der Waals surface area (Å²) in [5.41, 5.74) is 0. The molecule has 9 heteroatoms. The Hall–Kier alpha value is 2.08. The highest BCUT2D eigenvalue weighted by Gasteiger charge is 2.10. The van der Waals surface area contributed by atoms with E-state index in [1.807, 2.05) is 0 Å². The molecule has 0 radical (unpaired) electrons. The van der Waals surface area contributed by atoms with Crippen LogP contribution in [0.5, 0.6) is 0 Å². The van der Waals surface area contributed by atoms with Gasteiger partial charge in [-0.3, -0.25) is 0 Å². The maximum Gasteiger partial charge on any atom is 0.212 e. The van der Waals surface area contributed by atoms with Crippen LogP contribution >= 0.6 is 68.9 Å². The average molecular weight is 264 g/mol. The van der Waals surface area contributed by atoms with Crippen LogP contribution in [0.1, 0.15) is 0 Å². The molecule has 0 amide bonds. The van der Waals surface area contributed by atoms with Gasteiger partial charge in [0.2, 0.25) is 7.58 Å². The van der Waals surface area contributed by atoms with Gasteiger partial charge in [-0.2, -0.15) is 4.52 Å². The van der Waals surface area contributed by atoms with Crippen LogP contribution in [0.2, 0.25) is 0 Å². The van der Waals surface area contributed by atoms with E-state index in [2.05, 4.69) is 4.52 Å². The van der Waals surface area contributed by atoms with Gasteiger partial charge in [-0.15, -0.1) is 3.96 Å². The normalized spacial score (nSPS) is 16.6. The lowest BCUT2D eigenvalue weighted by Crippen LogP contribution is -1.78. The summed E-state index contributed by atoms with van der Waals surface area (Å²) >= 11 is 21.5. The molecular weight excluding hydrogens is 263 g/mol. The molecule has 0 aliphatic rings. The first-order valence-electron chi connectivity index (χ1n) is 1.52. The average Bonchev–Trinajstić information content (AvgIpc) is 1.87. The first-order chi connectivity index (χ1) is 4.22. The van der Waals surface area contributed by atoms with Gasteiger partial charge in [0.1, 0.15) is 7.73 Å². The first-order valence-corrected chi connectivity index (χ1v) is 7.72. The Bertz CT molecular complexity index is 95.8. The minimum atomic E-state index is -1.21. The van der Waals surface area contributed by atoms with Gasteiger partial charge in [-0.25, -0.2) is 0 Å². The molecule has 9 heavy (non-hydrogen) atoms. The fourth-order valence-corrected chi connectivity index (χ4v) is 4.00. The second kappa shape index (κ2) is 6.77. The fourth-order valence-electron chi connectivity index (χ4n) is 0.0942. The molecule has 0 bridgehead atoms. The number of halogens is 4. The van der Waals surface area contributed by atoms with E-state index in [9.17, 15) is 0 Å². The van der Waals surface area contributed by atoms with E-state index in [0.29, 0.717) is 7.73 Å². The molecule has 0 saturated heterocycles. The van der Waals surface area contributed by atoms with Crippen LogP contribution in [-0.2, 0) is 0 Å². The van der Waals surface area contributed by atoms with Crippen LogP contribution < -0.4 is 0 Å². The Balaban J connectivity index is 3.58. The molecule has 0 aromatic carbocycles. The van der Waals surface area contributed by atoms with Crippen molar-refractivity contribution in [3.8, 4) is 0 Å². The highest BCUT2D eigenvalue weighted by atomic mass is 35.7. The van der Waals surface area contributed by atoms with Crippen LogP contribution in [0.15, 0.2) is 4.52 Å². The summed E-state index contributed by atoms with van der Waals surface area (Å²) in [4.78, 5) is 0. The van der Waals surface area contributed by atoms with Crippen molar-refractivity contribution in [1.82, 2.24) is 3.96 Å². The predicted octanol–water partition coefficient (Wildman–Crippen LogP) is 4.94. The minimum absolute atomic E-state index is 0.0673. The largest absolute Gasteiger partial charge is 0.212 e. The zero-order valence-corrected chi connectivity index (χ0v) is 9.61. The van der Waals surface area contributed by atoms with E-state index in [1.165, 1.54) is 3.96 Å². The lowest BCUT2D eigenvalue weighted by molar-refractivity contribution is 1.22. The monoisotopic (exact) mass is 262 g/mol. The van der Waals surface area contributed by atoms with E-state index in [-0.39, 0.29) is 8.08 Å². The molecule has 0 aromatic rings. The van der Waals surface area contributed by atoms with Crippen LogP contribution in [0.4, 0.5) is 0 Å². The molecule has 54 valence electrons. The third-order valence-corrected chi connectivity index (χ3v) is 6.57. The number of hydrogen-bond acceptors (Lipinski definition) is 2. The third kappa shape index (κ3) is 5.36. The van der Waals surface area contributed by atoms with Crippen molar-refractivity contribution in [3.05, 3.63) is 0 Å². The standard InChI is InChI=1S/Cl4HN2P3/c1-6(8-3)9(4)5-7-2/h8H. The predicted molar refractivity (Wildman–Crippen MR) is 49.8 cm³/mol. The van der Waals surface area contributed by atoms with Crippen LogP contribution in [0, 0.1) is 0 Å². The van der Waals surface area contributed by atoms with E-state index in [4.69, 9.17) is 45.5 Å². The molecule has 0 aromatic heterocycles. The molecule has 0 aliphatic carbocycles. The zero-order chi connectivity index (χ0) is 7.28. The summed E-state index contributed by atoms with van der Waals surface area (Å²) in [5, 5.41) is 0. The minimum Gasteiger partial charge on any atom is -0.194 e. The molecule has 0 spiro atoms. The fraction of sp³-hybridized carbons (Fsp3) is 0.